The molecule has 2 saturated carbocycles. The van der Waals surface area contributed by atoms with Gasteiger partial charge in [-0.3, -0.25) is 0 Å². The van der Waals surface area contributed by atoms with E-state index in [2.05, 4.69) is 34.7 Å². The lowest BCUT2D eigenvalue weighted by Gasteiger charge is -2.25. The van der Waals surface area contributed by atoms with Crippen LogP contribution in [0.25, 0.3) is 0 Å². The molecule has 74 heavy (non-hydrogen) atoms. The number of aliphatic hydroxyl groups excluding tert-OH is 1. The molecule has 14 heteroatoms. The fourth-order valence-corrected chi connectivity index (χ4v) is 10.7. The van der Waals surface area contributed by atoms with E-state index < -0.39 is 42.0 Å². The van der Waals surface area contributed by atoms with Crippen molar-refractivity contribution in [2.75, 3.05) is 25.3 Å². The van der Waals surface area contributed by atoms with Crippen LogP contribution in [0.15, 0.2) is 133 Å². The average Bonchev–Trinajstić information content (AvgIpc) is 4.21. The number of aliphatic hydroxyl groups is 1. The molecule has 0 spiro atoms. The van der Waals surface area contributed by atoms with Gasteiger partial charge in [-0.05, 0) is 138 Å². The van der Waals surface area contributed by atoms with E-state index in [1.807, 2.05) is 113 Å². The van der Waals surface area contributed by atoms with Gasteiger partial charge in [0.05, 0.1) is 63.0 Å². The van der Waals surface area contributed by atoms with Crippen molar-refractivity contribution in [2.24, 2.45) is 11.8 Å². The van der Waals surface area contributed by atoms with Crippen LogP contribution in [-0.2, 0) is 51.1 Å². The van der Waals surface area contributed by atoms with Gasteiger partial charge in [0.15, 0.2) is 11.6 Å². The van der Waals surface area contributed by atoms with E-state index in [-0.39, 0.29) is 48.8 Å². The summed E-state index contributed by atoms with van der Waals surface area (Å²) in [6, 6.07) is 33.9. The first-order chi connectivity index (χ1) is 35.8. The lowest BCUT2D eigenvalue weighted by Crippen LogP contribution is -2.38. The number of halogens is 1. The zero-order chi connectivity index (χ0) is 52.5. The Bertz CT molecular complexity index is 2210. The van der Waals surface area contributed by atoms with Gasteiger partial charge in [0.25, 0.3) is 0 Å². The number of hydrogen-bond acceptors (Lipinski definition) is 13. The smallest absolute Gasteiger partial charge is 0.338 e. The third-order valence-corrected chi connectivity index (χ3v) is 14.4. The molecule has 13 nitrogen and oxygen atoms in total. The Labute approximate surface area is 451 Å². The Morgan fingerprint density at radius 2 is 1.00 bits per heavy atom. The maximum absolute atomic E-state index is 13.0. The Kier molecular flexibility index (Phi) is 21.5. The molecule has 2 aliphatic carbocycles. The topological polar surface area (TPSA) is 147 Å². The van der Waals surface area contributed by atoms with E-state index in [0.717, 1.165) is 72.0 Å². The zero-order valence-electron chi connectivity index (χ0n) is 43.7. The van der Waals surface area contributed by atoms with Gasteiger partial charge in [0.1, 0.15) is 35.9 Å². The van der Waals surface area contributed by atoms with Crippen LogP contribution in [0.5, 0.6) is 11.5 Å². The molecule has 0 bridgehead atoms. The molecule has 10 atom stereocenters. The van der Waals surface area contributed by atoms with Gasteiger partial charge in [-0.2, -0.15) is 0 Å². The minimum Gasteiger partial charge on any atom is -0.497 e. The number of benzene rings is 4. The highest BCUT2D eigenvalue weighted by molar-refractivity contribution is 14.1. The van der Waals surface area contributed by atoms with Crippen LogP contribution < -0.4 is 9.47 Å². The summed E-state index contributed by atoms with van der Waals surface area (Å²) in [5.41, 5.74) is 3.20. The second-order valence-electron chi connectivity index (χ2n) is 20.1. The third kappa shape index (κ3) is 16.7. The van der Waals surface area contributed by atoms with Gasteiger partial charge >= 0.3 is 11.9 Å². The molecule has 0 amide bonds. The summed E-state index contributed by atoms with van der Waals surface area (Å²) in [6.07, 6.45) is 13.0. The average molecular weight is 1130 g/mol. The van der Waals surface area contributed by atoms with Crippen molar-refractivity contribution in [1.82, 2.24) is 0 Å². The van der Waals surface area contributed by atoms with Crippen LogP contribution in [0.4, 0.5) is 0 Å². The van der Waals surface area contributed by atoms with E-state index in [4.69, 9.17) is 47.4 Å². The van der Waals surface area contributed by atoms with E-state index in [1.165, 1.54) is 0 Å². The third-order valence-electron chi connectivity index (χ3n) is 13.8. The van der Waals surface area contributed by atoms with Gasteiger partial charge in [0.2, 0.25) is 0 Å². The quantitative estimate of drug-likeness (QED) is 0.0345. The standard InChI is InChI=1S/C30H37IO6.C30H38O7/c2*1-30(2)36-27(18-19-31)28(37-30)26(35-29(32)23-8-5-4-6-9-23)17-14-22-10-7-11-25(22)34-20-21-12-15-24(33-3)16-13-21/h4-6,8-9,12-17,22,25-28H,7,10-11,18-20H2,1-3H3;4-6,8-9,12-17,22,25-28,31H,7,10-11,18-20H2,1-3H3/b2*17-14-/t2*22-,25-,26?,27?,28?/m11/s1. The minimum atomic E-state index is -0.840. The fraction of sp³-hybridized carbons (Fsp3) is 0.500. The summed E-state index contributed by atoms with van der Waals surface area (Å²) in [5.74, 6) is -0.263. The Hall–Kier alpha value is -4.65. The van der Waals surface area contributed by atoms with Crippen LogP contribution in [-0.4, -0.2) is 103 Å². The number of esters is 2. The first-order valence-corrected chi connectivity index (χ1v) is 27.6. The molecule has 2 saturated heterocycles. The first kappa shape index (κ1) is 57.1. The molecule has 2 aliphatic heterocycles. The number of carbonyl (C=O) groups is 2. The molecule has 0 radical (unpaired) electrons. The van der Waals surface area contributed by atoms with Crippen molar-refractivity contribution < 1.29 is 62.1 Å². The minimum absolute atomic E-state index is 0.0480. The van der Waals surface area contributed by atoms with Crippen LogP contribution in [0.1, 0.15) is 111 Å². The largest absolute Gasteiger partial charge is 0.497 e. The van der Waals surface area contributed by atoms with Crippen LogP contribution in [0.2, 0.25) is 0 Å². The van der Waals surface area contributed by atoms with Crippen molar-refractivity contribution in [3.8, 4) is 11.5 Å². The summed E-state index contributed by atoms with van der Waals surface area (Å²) in [5, 5.41) is 9.59. The van der Waals surface area contributed by atoms with Crippen LogP contribution >= 0.6 is 22.6 Å². The maximum Gasteiger partial charge on any atom is 0.338 e. The Morgan fingerprint density at radius 1 is 0.595 bits per heavy atom. The van der Waals surface area contributed by atoms with E-state index >= 15 is 0 Å². The maximum atomic E-state index is 13.0. The second kappa shape index (κ2) is 27.9. The molecule has 4 aliphatic rings. The number of rotatable bonds is 22. The molecule has 2 heterocycles. The van der Waals surface area contributed by atoms with Crippen LogP contribution in [0.3, 0.4) is 0 Å². The van der Waals surface area contributed by atoms with Gasteiger partial charge in [0, 0.05) is 22.9 Å². The fourth-order valence-electron chi connectivity index (χ4n) is 10.0. The highest BCUT2D eigenvalue weighted by atomic mass is 127. The molecule has 4 aromatic carbocycles. The molecule has 0 aromatic heterocycles. The second-order valence-corrected chi connectivity index (χ2v) is 21.2. The number of ether oxygens (including phenoxy) is 10. The highest BCUT2D eigenvalue weighted by Gasteiger charge is 2.47. The lowest BCUT2D eigenvalue weighted by atomic mass is 10.0. The normalized spacial score (nSPS) is 25.8. The number of carbonyl (C=O) groups excluding carboxylic acids is 2. The van der Waals surface area contributed by atoms with E-state index in [0.29, 0.717) is 30.8 Å². The molecule has 4 aromatic rings. The van der Waals surface area contributed by atoms with Gasteiger partial charge < -0.3 is 52.5 Å². The molecular formula is C60H75IO13. The molecular weight excluding hydrogens is 1060 g/mol. The van der Waals surface area contributed by atoms with Gasteiger partial charge in [-0.1, -0.05) is 108 Å². The summed E-state index contributed by atoms with van der Waals surface area (Å²) in [4.78, 5) is 26.0. The van der Waals surface area contributed by atoms with Gasteiger partial charge in [-0.15, -0.1) is 0 Å². The molecule has 400 valence electrons. The van der Waals surface area contributed by atoms with Gasteiger partial charge in [-0.25, -0.2) is 9.59 Å². The zero-order valence-corrected chi connectivity index (χ0v) is 45.8. The predicted octanol–water partition coefficient (Wildman–Crippen LogP) is 11.6. The monoisotopic (exact) mass is 1130 g/mol. The molecule has 8 rings (SSSR count). The molecule has 1 N–H and O–H groups in total. The summed E-state index contributed by atoms with van der Waals surface area (Å²) in [7, 11) is 3.32. The number of methoxy groups -OCH3 is 2. The van der Waals surface area contributed by atoms with Crippen molar-refractivity contribution >= 4 is 34.5 Å². The first-order valence-electron chi connectivity index (χ1n) is 26.0. The SMILES string of the molecule is COc1ccc(CO[C@@H]2CCC[C@@H]2/C=C\C(OC(=O)c2ccccc2)C2OC(C)(C)OC2CCI)cc1.COc1ccc(CO[C@@H]2CCC[C@@H]2/C=C\C(OC(=O)c2ccccc2)C2OC(C)(C)OC2CCO)cc1. The summed E-state index contributed by atoms with van der Waals surface area (Å²) in [6.45, 7) is 8.51. The molecule has 4 fully saturated rings. The van der Waals surface area contributed by atoms with E-state index in [1.54, 1.807) is 50.6 Å². The lowest BCUT2D eigenvalue weighted by molar-refractivity contribution is -0.153. The Morgan fingerprint density at radius 3 is 1.38 bits per heavy atom. The predicted molar refractivity (Wildman–Crippen MR) is 290 cm³/mol. The van der Waals surface area contributed by atoms with Crippen molar-refractivity contribution in [3.63, 3.8) is 0 Å². The summed E-state index contributed by atoms with van der Waals surface area (Å²) < 4.78 is 60.7. The Balaban J connectivity index is 0.000000216. The van der Waals surface area contributed by atoms with Crippen molar-refractivity contribution in [1.29, 1.82) is 0 Å². The van der Waals surface area contributed by atoms with E-state index in [9.17, 15) is 14.7 Å². The van der Waals surface area contributed by atoms with Crippen molar-refractivity contribution in [3.05, 3.63) is 156 Å². The highest BCUT2D eigenvalue weighted by Crippen LogP contribution is 2.37. The van der Waals surface area contributed by atoms with Crippen molar-refractivity contribution in [2.45, 2.75) is 153 Å². The number of alkyl halides is 1. The molecule has 6 unspecified atom stereocenters. The number of hydrogen-bond donors (Lipinski definition) is 1. The summed E-state index contributed by atoms with van der Waals surface area (Å²) >= 11 is 2.34. The van der Waals surface area contributed by atoms with Crippen LogP contribution in [0, 0.1) is 11.8 Å².